The molecule has 0 aliphatic carbocycles. The number of halogens is 1. The fourth-order valence-corrected chi connectivity index (χ4v) is 2.16. The topological polar surface area (TPSA) is 55.6 Å². The molecule has 0 aromatic rings. The third-order valence-corrected chi connectivity index (χ3v) is 3.52. The molecule has 17 heavy (non-hydrogen) atoms. The van der Waals surface area contributed by atoms with Crippen LogP contribution in [-0.2, 0) is 9.53 Å². The van der Waals surface area contributed by atoms with E-state index >= 15 is 0 Å². The van der Waals surface area contributed by atoms with Gasteiger partial charge in [-0.1, -0.05) is 13.8 Å². The summed E-state index contributed by atoms with van der Waals surface area (Å²) in [7, 11) is 0. The van der Waals surface area contributed by atoms with Crippen LogP contribution in [0.1, 0.15) is 34.1 Å². The molecule has 0 aromatic heterocycles. The Balaban J connectivity index is 0.00000256. The second kappa shape index (κ2) is 6.57. The SMILES string of the molecule is CCOC(=O)C(C)N1CCC(N)C(C)(C)C1.Cl. The first kappa shape index (κ1) is 16.7. The van der Waals surface area contributed by atoms with Gasteiger partial charge in [0, 0.05) is 19.1 Å². The Morgan fingerprint density at radius 3 is 2.65 bits per heavy atom. The minimum atomic E-state index is -0.160. The average molecular weight is 265 g/mol. The smallest absolute Gasteiger partial charge is 0.323 e. The standard InChI is InChI=1S/C12H24N2O2.ClH/c1-5-16-11(15)9(2)14-7-6-10(13)12(3,4)8-14;/h9-10H,5-8,13H2,1-4H3;1H. The van der Waals surface area contributed by atoms with Crippen molar-refractivity contribution in [3.8, 4) is 0 Å². The van der Waals surface area contributed by atoms with Crippen LogP contribution >= 0.6 is 12.4 Å². The monoisotopic (exact) mass is 264 g/mol. The lowest BCUT2D eigenvalue weighted by Gasteiger charge is -2.44. The first-order valence-corrected chi connectivity index (χ1v) is 6.04. The highest BCUT2D eigenvalue weighted by Crippen LogP contribution is 2.28. The van der Waals surface area contributed by atoms with Gasteiger partial charge in [-0.15, -0.1) is 12.4 Å². The Morgan fingerprint density at radius 1 is 1.59 bits per heavy atom. The largest absolute Gasteiger partial charge is 0.465 e. The predicted molar refractivity (Wildman–Crippen MR) is 71.3 cm³/mol. The molecular formula is C12H25ClN2O2. The van der Waals surface area contributed by atoms with E-state index < -0.39 is 0 Å². The zero-order chi connectivity index (χ0) is 12.3. The Hall–Kier alpha value is -0.320. The van der Waals surface area contributed by atoms with Gasteiger partial charge in [-0.2, -0.15) is 0 Å². The van der Waals surface area contributed by atoms with Crippen molar-refractivity contribution in [3.63, 3.8) is 0 Å². The van der Waals surface area contributed by atoms with E-state index in [1.165, 1.54) is 0 Å². The summed E-state index contributed by atoms with van der Waals surface area (Å²) in [6.07, 6.45) is 0.941. The zero-order valence-corrected chi connectivity index (χ0v) is 12.0. The molecule has 0 saturated carbocycles. The highest BCUT2D eigenvalue weighted by atomic mass is 35.5. The van der Waals surface area contributed by atoms with Gasteiger partial charge in [0.1, 0.15) is 6.04 Å². The summed E-state index contributed by atoms with van der Waals surface area (Å²) in [4.78, 5) is 13.8. The van der Waals surface area contributed by atoms with Crippen molar-refractivity contribution in [2.75, 3.05) is 19.7 Å². The molecule has 5 heteroatoms. The molecule has 2 unspecified atom stereocenters. The van der Waals surface area contributed by atoms with Crippen LogP contribution in [-0.4, -0.2) is 42.6 Å². The maximum absolute atomic E-state index is 11.6. The van der Waals surface area contributed by atoms with Crippen LogP contribution < -0.4 is 5.73 Å². The number of carbonyl (C=O) groups excluding carboxylic acids is 1. The summed E-state index contributed by atoms with van der Waals surface area (Å²) in [6, 6.07) is 0.0601. The summed E-state index contributed by atoms with van der Waals surface area (Å²) in [5, 5.41) is 0. The number of nitrogens with zero attached hydrogens (tertiary/aromatic N) is 1. The maximum atomic E-state index is 11.6. The van der Waals surface area contributed by atoms with Crippen molar-refractivity contribution >= 4 is 18.4 Å². The number of hydrogen-bond donors (Lipinski definition) is 1. The molecule has 4 nitrogen and oxygen atoms in total. The number of carbonyl (C=O) groups is 1. The Morgan fingerprint density at radius 2 is 2.18 bits per heavy atom. The number of rotatable bonds is 3. The van der Waals surface area contributed by atoms with Crippen molar-refractivity contribution in [3.05, 3.63) is 0 Å². The van der Waals surface area contributed by atoms with Gasteiger partial charge >= 0.3 is 5.97 Å². The summed E-state index contributed by atoms with van der Waals surface area (Å²) in [6.45, 7) is 10.2. The lowest BCUT2D eigenvalue weighted by Crippen LogP contribution is -2.56. The molecule has 1 fully saturated rings. The Labute approximate surface area is 110 Å². The zero-order valence-electron chi connectivity index (χ0n) is 11.2. The van der Waals surface area contributed by atoms with E-state index in [1.807, 2.05) is 13.8 Å². The van der Waals surface area contributed by atoms with E-state index in [1.54, 1.807) is 0 Å². The molecule has 1 aliphatic heterocycles. The first-order valence-electron chi connectivity index (χ1n) is 6.04. The normalized spacial score (nSPS) is 25.8. The minimum Gasteiger partial charge on any atom is -0.465 e. The number of nitrogens with two attached hydrogens (primary N) is 1. The molecule has 0 amide bonds. The summed E-state index contributed by atoms with van der Waals surface area (Å²) < 4.78 is 5.04. The van der Waals surface area contributed by atoms with Gasteiger partial charge in [-0.25, -0.2) is 0 Å². The number of esters is 1. The van der Waals surface area contributed by atoms with Crippen LogP contribution in [0.3, 0.4) is 0 Å². The van der Waals surface area contributed by atoms with Crippen LogP contribution in [0.5, 0.6) is 0 Å². The number of piperidine rings is 1. The van der Waals surface area contributed by atoms with Crippen LogP contribution in [0.15, 0.2) is 0 Å². The molecule has 1 heterocycles. The van der Waals surface area contributed by atoms with Gasteiger partial charge in [0.25, 0.3) is 0 Å². The Kier molecular flexibility index (Phi) is 6.45. The van der Waals surface area contributed by atoms with Gasteiger partial charge < -0.3 is 10.5 Å². The molecule has 2 atom stereocenters. The molecule has 0 radical (unpaired) electrons. The minimum absolute atomic E-state index is 0. The Bertz CT molecular complexity index is 259. The van der Waals surface area contributed by atoms with Crippen molar-refractivity contribution in [1.82, 2.24) is 4.90 Å². The van der Waals surface area contributed by atoms with Crippen LogP contribution in [0.2, 0.25) is 0 Å². The van der Waals surface area contributed by atoms with Crippen LogP contribution in [0.4, 0.5) is 0 Å². The summed E-state index contributed by atoms with van der Waals surface area (Å²) in [5.41, 5.74) is 6.14. The number of ether oxygens (including phenoxy) is 1. The van der Waals surface area contributed by atoms with Crippen molar-refractivity contribution in [2.24, 2.45) is 11.1 Å². The lowest BCUT2D eigenvalue weighted by molar-refractivity contribution is -0.150. The fourth-order valence-electron chi connectivity index (χ4n) is 2.16. The summed E-state index contributed by atoms with van der Waals surface area (Å²) >= 11 is 0. The first-order chi connectivity index (χ1) is 7.38. The van der Waals surface area contributed by atoms with Crippen molar-refractivity contribution in [2.45, 2.75) is 46.2 Å². The highest BCUT2D eigenvalue weighted by Gasteiger charge is 2.36. The van der Waals surface area contributed by atoms with E-state index in [0.29, 0.717) is 6.61 Å². The van der Waals surface area contributed by atoms with E-state index in [2.05, 4.69) is 18.7 Å². The van der Waals surface area contributed by atoms with E-state index in [-0.39, 0.29) is 35.9 Å². The quantitative estimate of drug-likeness (QED) is 0.784. The molecular weight excluding hydrogens is 240 g/mol. The van der Waals surface area contributed by atoms with Gasteiger partial charge in [0.2, 0.25) is 0 Å². The predicted octanol–water partition coefficient (Wildman–Crippen LogP) is 1.42. The third-order valence-electron chi connectivity index (χ3n) is 3.52. The van der Waals surface area contributed by atoms with Crippen molar-refractivity contribution in [1.29, 1.82) is 0 Å². The number of hydrogen-bond acceptors (Lipinski definition) is 4. The third kappa shape index (κ3) is 4.12. The molecule has 2 N–H and O–H groups in total. The maximum Gasteiger partial charge on any atom is 0.323 e. The van der Waals surface area contributed by atoms with E-state index in [4.69, 9.17) is 10.5 Å². The van der Waals surface area contributed by atoms with Gasteiger partial charge in [-0.3, -0.25) is 9.69 Å². The van der Waals surface area contributed by atoms with E-state index in [9.17, 15) is 4.79 Å². The van der Waals surface area contributed by atoms with E-state index in [0.717, 1.165) is 19.5 Å². The second-order valence-corrected chi connectivity index (χ2v) is 5.28. The van der Waals surface area contributed by atoms with Gasteiger partial charge in [0.05, 0.1) is 6.61 Å². The lowest BCUT2D eigenvalue weighted by atomic mass is 9.79. The fraction of sp³-hybridized carbons (Fsp3) is 0.917. The number of likely N-dealkylation sites (tertiary alicyclic amines) is 1. The van der Waals surface area contributed by atoms with Crippen LogP contribution in [0, 0.1) is 5.41 Å². The van der Waals surface area contributed by atoms with Gasteiger partial charge in [-0.05, 0) is 25.7 Å². The molecule has 0 spiro atoms. The molecule has 1 aliphatic rings. The summed E-state index contributed by atoms with van der Waals surface area (Å²) in [5.74, 6) is -0.131. The van der Waals surface area contributed by atoms with Crippen LogP contribution in [0.25, 0.3) is 0 Å². The molecule has 102 valence electrons. The molecule has 1 saturated heterocycles. The molecule has 0 bridgehead atoms. The average Bonchev–Trinajstić information content (AvgIpc) is 2.21. The highest BCUT2D eigenvalue weighted by molar-refractivity contribution is 5.85. The molecule has 0 aromatic carbocycles. The molecule has 1 rings (SSSR count). The second-order valence-electron chi connectivity index (χ2n) is 5.28. The van der Waals surface area contributed by atoms with Crippen molar-refractivity contribution < 1.29 is 9.53 Å². The van der Waals surface area contributed by atoms with Gasteiger partial charge in [0.15, 0.2) is 0 Å².